The lowest BCUT2D eigenvalue weighted by Crippen LogP contribution is -2.35. The summed E-state index contributed by atoms with van der Waals surface area (Å²) in [6, 6.07) is 9.76. The molecule has 2 saturated heterocycles. The molecule has 2 amide bonds. The van der Waals surface area contributed by atoms with Crippen LogP contribution in [0, 0.1) is 31.6 Å². The Kier molecular flexibility index (Phi) is 7.50. The van der Waals surface area contributed by atoms with Gasteiger partial charge in [0.15, 0.2) is 0 Å². The van der Waals surface area contributed by atoms with Crippen molar-refractivity contribution in [3.63, 3.8) is 0 Å². The van der Waals surface area contributed by atoms with Gasteiger partial charge in [-0.05, 0) is 103 Å². The number of amides is 2. The fourth-order valence-corrected chi connectivity index (χ4v) is 6.52. The number of allylic oxidation sites excluding steroid dienone is 1. The standard InChI is InChI=1S/C31H36N2O5/c1-4-11-33-30(36)23-15-22(16-34)27-24(28(23)31(33)37)17-38-26(27)9-8-21(25-7-5-6-10-32-25)14-20-12-18(2)29(35)19(3)13-20/h5-7,10,12-14,23-24,26,28,34-35H,4,8-9,11,15-17H2,1-3H3/b21-14-/t23-,24+,26-,28-/m1/s1. The first-order valence-electron chi connectivity index (χ1n) is 13.6. The van der Waals surface area contributed by atoms with Gasteiger partial charge in [0.2, 0.25) is 11.8 Å². The summed E-state index contributed by atoms with van der Waals surface area (Å²) >= 11 is 0. The van der Waals surface area contributed by atoms with Crippen LogP contribution in [-0.4, -0.2) is 57.8 Å². The molecule has 1 aromatic carbocycles. The topological polar surface area (TPSA) is 100.0 Å². The lowest BCUT2D eigenvalue weighted by atomic mass is 9.69. The number of pyridine rings is 1. The number of imide groups is 1. The number of aryl methyl sites for hydroxylation is 2. The van der Waals surface area contributed by atoms with Gasteiger partial charge in [-0.1, -0.05) is 13.0 Å². The second kappa shape index (κ2) is 10.8. The summed E-state index contributed by atoms with van der Waals surface area (Å²) in [6.45, 7) is 6.46. The Morgan fingerprint density at radius 3 is 2.58 bits per heavy atom. The van der Waals surface area contributed by atoms with Gasteiger partial charge in [-0.3, -0.25) is 19.5 Å². The SMILES string of the molecule is CCCN1C(=O)[C@@H]2[C@@H](CC(CO)=C3[C@@H](CC/C(=C/c4cc(C)c(O)c(C)c4)c4ccccn4)OC[C@@H]32)C1=O. The number of aromatic nitrogens is 1. The van der Waals surface area contributed by atoms with Crippen molar-refractivity contribution in [3.8, 4) is 5.75 Å². The molecule has 0 spiro atoms. The summed E-state index contributed by atoms with van der Waals surface area (Å²) in [5.74, 6) is -0.824. The second-order valence-electron chi connectivity index (χ2n) is 10.7. The molecule has 2 aromatic rings. The smallest absolute Gasteiger partial charge is 0.233 e. The zero-order chi connectivity index (χ0) is 27.0. The van der Waals surface area contributed by atoms with Crippen molar-refractivity contribution in [3.05, 3.63) is 70.1 Å². The van der Waals surface area contributed by atoms with Gasteiger partial charge in [0.1, 0.15) is 5.75 Å². The molecule has 38 heavy (non-hydrogen) atoms. The molecule has 5 rings (SSSR count). The zero-order valence-corrected chi connectivity index (χ0v) is 22.3. The first-order valence-corrected chi connectivity index (χ1v) is 13.6. The minimum Gasteiger partial charge on any atom is -0.507 e. The van der Waals surface area contributed by atoms with Crippen LogP contribution < -0.4 is 0 Å². The predicted molar refractivity (Wildman–Crippen MR) is 145 cm³/mol. The van der Waals surface area contributed by atoms with Crippen LogP contribution in [0.15, 0.2) is 47.7 Å². The number of aliphatic hydroxyl groups is 1. The molecule has 2 N–H and O–H groups in total. The van der Waals surface area contributed by atoms with E-state index >= 15 is 0 Å². The quantitative estimate of drug-likeness (QED) is 0.397. The van der Waals surface area contributed by atoms with Gasteiger partial charge in [0.25, 0.3) is 0 Å². The largest absolute Gasteiger partial charge is 0.507 e. The van der Waals surface area contributed by atoms with Crippen molar-refractivity contribution in [1.29, 1.82) is 0 Å². The maximum absolute atomic E-state index is 13.2. The molecule has 2 fully saturated rings. The van der Waals surface area contributed by atoms with Crippen LogP contribution in [0.3, 0.4) is 0 Å². The summed E-state index contributed by atoms with van der Waals surface area (Å²) in [5.41, 5.74) is 6.42. The molecule has 1 aliphatic carbocycles. The minimum atomic E-state index is -0.391. The molecule has 7 heteroatoms. The number of nitrogens with zero attached hydrogens (tertiary/aromatic N) is 2. The number of likely N-dealkylation sites (tertiary alicyclic amines) is 1. The molecular weight excluding hydrogens is 480 g/mol. The van der Waals surface area contributed by atoms with Gasteiger partial charge in [-0.15, -0.1) is 0 Å². The van der Waals surface area contributed by atoms with Crippen LogP contribution in [0.25, 0.3) is 11.6 Å². The Morgan fingerprint density at radius 2 is 1.92 bits per heavy atom. The highest BCUT2D eigenvalue weighted by molar-refractivity contribution is 6.06. The summed E-state index contributed by atoms with van der Waals surface area (Å²) in [6.07, 6.45) is 6.17. The van der Waals surface area contributed by atoms with E-state index in [4.69, 9.17) is 4.74 Å². The number of benzene rings is 1. The van der Waals surface area contributed by atoms with Crippen molar-refractivity contribution in [2.75, 3.05) is 19.8 Å². The molecule has 200 valence electrons. The molecule has 0 radical (unpaired) electrons. The van der Waals surface area contributed by atoms with Crippen molar-refractivity contribution in [2.45, 2.75) is 52.6 Å². The van der Waals surface area contributed by atoms with E-state index in [0.29, 0.717) is 38.2 Å². The molecule has 0 bridgehead atoms. The first-order chi connectivity index (χ1) is 18.3. The van der Waals surface area contributed by atoms with Gasteiger partial charge < -0.3 is 14.9 Å². The van der Waals surface area contributed by atoms with Gasteiger partial charge in [-0.2, -0.15) is 0 Å². The minimum absolute atomic E-state index is 0.0854. The lowest BCUT2D eigenvalue weighted by Gasteiger charge is -2.31. The molecule has 1 aromatic heterocycles. The van der Waals surface area contributed by atoms with Gasteiger partial charge >= 0.3 is 0 Å². The number of carbonyl (C=O) groups excluding carboxylic acids is 2. The normalized spacial score (nSPS) is 25.3. The number of ether oxygens (including phenoxy) is 1. The molecular formula is C31H36N2O5. The van der Waals surface area contributed by atoms with Crippen LogP contribution in [0.4, 0.5) is 0 Å². The molecule has 2 aliphatic heterocycles. The van der Waals surface area contributed by atoms with Crippen LogP contribution in [0.1, 0.15) is 55.0 Å². The van der Waals surface area contributed by atoms with Gasteiger partial charge in [-0.25, -0.2) is 0 Å². The van der Waals surface area contributed by atoms with Crippen molar-refractivity contribution in [2.24, 2.45) is 17.8 Å². The highest BCUT2D eigenvalue weighted by Crippen LogP contribution is 2.50. The van der Waals surface area contributed by atoms with Crippen LogP contribution in [0.5, 0.6) is 5.75 Å². The van der Waals surface area contributed by atoms with Crippen molar-refractivity contribution in [1.82, 2.24) is 9.88 Å². The number of phenols is 1. The third-order valence-corrected chi connectivity index (χ3v) is 8.26. The van der Waals surface area contributed by atoms with E-state index in [1.165, 1.54) is 4.90 Å². The molecule has 4 atom stereocenters. The van der Waals surface area contributed by atoms with Crippen LogP contribution in [-0.2, 0) is 14.3 Å². The number of fused-ring (bicyclic) bond motifs is 3. The lowest BCUT2D eigenvalue weighted by molar-refractivity contribution is -0.140. The van der Waals surface area contributed by atoms with Crippen molar-refractivity contribution < 1.29 is 24.5 Å². The maximum atomic E-state index is 13.2. The fraction of sp³-hybridized carbons (Fsp3) is 0.452. The van der Waals surface area contributed by atoms with E-state index in [2.05, 4.69) is 11.1 Å². The molecule has 7 nitrogen and oxygen atoms in total. The number of aromatic hydroxyl groups is 1. The molecule has 3 heterocycles. The summed E-state index contributed by atoms with van der Waals surface area (Å²) in [5, 5.41) is 20.5. The second-order valence-corrected chi connectivity index (χ2v) is 10.7. The Labute approximate surface area is 223 Å². The maximum Gasteiger partial charge on any atom is 0.233 e. The number of rotatable bonds is 8. The third-order valence-electron chi connectivity index (χ3n) is 8.26. The van der Waals surface area contributed by atoms with E-state index in [0.717, 1.165) is 45.5 Å². The van der Waals surface area contributed by atoms with Gasteiger partial charge in [0, 0.05) is 18.7 Å². The van der Waals surface area contributed by atoms with Crippen molar-refractivity contribution >= 4 is 23.5 Å². The summed E-state index contributed by atoms with van der Waals surface area (Å²) in [4.78, 5) is 32.3. The first kappa shape index (κ1) is 26.3. The Balaban J connectivity index is 1.42. The zero-order valence-electron chi connectivity index (χ0n) is 22.3. The Hall–Kier alpha value is -3.29. The highest BCUT2D eigenvalue weighted by Gasteiger charge is 2.56. The fourth-order valence-electron chi connectivity index (χ4n) is 6.52. The molecule has 3 aliphatic rings. The number of aliphatic hydroxyl groups excluding tert-OH is 1. The van der Waals surface area contributed by atoms with Crippen LogP contribution >= 0.6 is 0 Å². The monoisotopic (exact) mass is 516 g/mol. The number of hydrogen-bond acceptors (Lipinski definition) is 6. The van der Waals surface area contributed by atoms with Crippen LogP contribution in [0.2, 0.25) is 0 Å². The van der Waals surface area contributed by atoms with E-state index in [1.807, 2.05) is 51.1 Å². The summed E-state index contributed by atoms with van der Waals surface area (Å²) < 4.78 is 6.28. The van der Waals surface area contributed by atoms with E-state index in [1.54, 1.807) is 6.20 Å². The summed E-state index contributed by atoms with van der Waals surface area (Å²) in [7, 11) is 0. The number of phenolic OH excluding ortho intramolecular Hbond substituents is 1. The predicted octanol–water partition coefficient (Wildman–Crippen LogP) is 4.44. The average molecular weight is 517 g/mol. The Morgan fingerprint density at radius 1 is 1.16 bits per heavy atom. The highest BCUT2D eigenvalue weighted by atomic mass is 16.5. The molecule has 0 unspecified atom stereocenters. The molecule has 0 saturated carbocycles. The van der Waals surface area contributed by atoms with E-state index in [9.17, 15) is 19.8 Å². The third kappa shape index (κ3) is 4.69. The number of hydrogen-bond donors (Lipinski definition) is 2. The van der Waals surface area contributed by atoms with E-state index in [-0.39, 0.29) is 30.4 Å². The van der Waals surface area contributed by atoms with Gasteiger partial charge in [0.05, 0.1) is 36.8 Å². The average Bonchev–Trinajstić information content (AvgIpc) is 3.44. The van der Waals surface area contributed by atoms with E-state index < -0.39 is 11.8 Å². The number of carbonyl (C=O) groups is 2. The Bertz CT molecular complexity index is 1280.